The SMILES string of the molecule is CC(C)(C)OC(=O)N1C[C@H](NS(C)(=O)=O)C[C@@]1(Cc1cccc(-c2ccccc2)c1)C(=O)O. The van der Waals surface area contributed by atoms with E-state index in [0.29, 0.717) is 5.56 Å². The predicted octanol–water partition coefficient (Wildman–Crippen LogP) is 3.28. The summed E-state index contributed by atoms with van der Waals surface area (Å²) in [5, 5.41) is 10.3. The fourth-order valence-corrected chi connectivity index (χ4v) is 4.96. The molecule has 0 spiro atoms. The summed E-state index contributed by atoms with van der Waals surface area (Å²) in [7, 11) is -3.61. The third-order valence-corrected chi connectivity index (χ3v) is 6.19. The molecule has 1 aliphatic heterocycles. The Morgan fingerprint density at radius 1 is 1.12 bits per heavy atom. The third kappa shape index (κ3) is 6.11. The van der Waals surface area contributed by atoms with Gasteiger partial charge >= 0.3 is 12.1 Å². The van der Waals surface area contributed by atoms with E-state index in [4.69, 9.17) is 4.74 Å². The maximum atomic E-state index is 13.0. The van der Waals surface area contributed by atoms with Crippen molar-refractivity contribution < 1.29 is 27.9 Å². The van der Waals surface area contributed by atoms with E-state index >= 15 is 0 Å². The van der Waals surface area contributed by atoms with Crippen molar-refractivity contribution in [3.05, 3.63) is 60.2 Å². The van der Waals surface area contributed by atoms with Gasteiger partial charge in [0.2, 0.25) is 10.0 Å². The predicted molar refractivity (Wildman–Crippen MR) is 125 cm³/mol. The Bertz CT molecular complexity index is 1130. The molecule has 0 radical (unpaired) electrons. The summed E-state index contributed by atoms with van der Waals surface area (Å²) in [5.41, 5.74) is 0.112. The number of sulfonamides is 1. The second kappa shape index (κ2) is 9.15. The minimum Gasteiger partial charge on any atom is -0.479 e. The largest absolute Gasteiger partial charge is 0.479 e. The molecule has 0 bridgehead atoms. The average Bonchev–Trinajstić information content (AvgIpc) is 3.05. The number of carbonyl (C=O) groups is 2. The Morgan fingerprint density at radius 2 is 1.76 bits per heavy atom. The molecule has 2 N–H and O–H groups in total. The van der Waals surface area contributed by atoms with Crippen LogP contribution in [0.25, 0.3) is 11.1 Å². The fourth-order valence-electron chi connectivity index (χ4n) is 4.20. The highest BCUT2D eigenvalue weighted by atomic mass is 32.2. The Balaban J connectivity index is 2.00. The van der Waals surface area contributed by atoms with Crippen molar-refractivity contribution in [3.63, 3.8) is 0 Å². The number of aliphatic carboxylic acids is 1. The molecule has 0 unspecified atom stereocenters. The van der Waals surface area contributed by atoms with Crippen molar-refractivity contribution in [3.8, 4) is 11.1 Å². The minimum atomic E-state index is -3.61. The number of likely N-dealkylation sites (tertiary alicyclic amines) is 1. The van der Waals surface area contributed by atoms with Gasteiger partial charge in [-0.1, -0.05) is 54.6 Å². The lowest BCUT2D eigenvalue weighted by molar-refractivity contribution is -0.149. The zero-order valence-corrected chi connectivity index (χ0v) is 20.1. The lowest BCUT2D eigenvalue weighted by Gasteiger charge is -2.35. The number of nitrogens with one attached hydrogen (secondary N) is 1. The van der Waals surface area contributed by atoms with Crippen molar-refractivity contribution in [1.82, 2.24) is 9.62 Å². The van der Waals surface area contributed by atoms with E-state index in [1.165, 1.54) is 0 Å². The molecule has 178 valence electrons. The number of carboxylic acids is 1. The van der Waals surface area contributed by atoms with Crippen LogP contribution in [0.1, 0.15) is 32.8 Å². The summed E-state index contributed by atoms with van der Waals surface area (Å²) in [6.45, 7) is 4.98. The molecule has 1 amide bonds. The number of hydrogen-bond acceptors (Lipinski definition) is 5. The standard InChI is InChI=1S/C24H30N2O6S/c1-23(2,3)32-22(29)26-16-20(25-33(4,30)31)15-24(26,21(27)28)14-17-9-8-12-19(13-17)18-10-6-5-7-11-18/h5-13,20,25H,14-16H2,1-4H3,(H,27,28)/t20-,24+/m1/s1. The number of hydrogen-bond donors (Lipinski definition) is 2. The molecule has 2 aromatic rings. The summed E-state index contributed by atoms with van der Waals surface area (Å²) >= 11 is 0. The maximum absolute atomic E-state index is 13.0. The molecule has 1 fully saturated rings. The van der Waals surface area contributed by atoms with E-state index in [9.17, 15) is 23.1 Å². The van der Waals surface area contributed by atoms with Gasteiger partial charge in [0.05, 0.1) is 6.26 Å². The zero-order valence-electron chi connectivity index (χ0n) is 19.2. The lowest BCUT2D eigenvalue weighted by atomic mass is 9.86. The normalized spacial score (nSPS) is 21.1. The van der Waals surface area contributed by atoms with Crippen LogP contribution in [0.5, 0.6) is 0 Å². The highest BCUT2D eigenvalue weighted by Crippen LogP contribution is 2.36. The highest BCUT2D eigenvalue weighted by molar-refractivity contribution is 7.88. The molecular formula is C24H30N2O6S. The molecule has 3 rings (SSSR count). The van der Waals surface area contributed by atoms with Crippen LogP contribution in [0.4, 0.5) is 4.79 Å². The van der Waals surface area contributed by atoms with Gasteiger partial charge in [0.15, 0.2) is 0 Å². The van der Waals surface area contributed by atoms with Gasteiger partial charge in [-0.2, -0.15) is 0 Å². The van der Waals surface area contributed by atoms with Crippen molar-refractivity contribution in [2.45, 2.75) is 50.8 Å². The van der Waals surface area contributed by atoms with Crippen LogP contribution in [0, 0.1) is 0 Å². The number of nitrogens with zero attached hydrogens (tertiary/aromatic N) is 1. The van der Waals surface area contributed by atoms with E-state index in [-0.39, 0.29) is 19.4 Å². The third-order valence-electron chi connectivity index (χ3n) is 5.43. The number of carbonyl (C=O) groups excluding carboxylic acids is 1. The zero-order chi connectivity index (χ0) is 24.4. The molecule has 9 heteroatoms. The summed E-state index contributed by atoms with van der Waals surface area (Å²) in [6, 6.07) is 16.4. The topological polar surface area (TPSA) is 113 Å². The first kappa shape index (κ1) is 24.7. The number of benzene rings is 2. The van der Waals surface area contributed by atoms with E-state index in [1.54, 1.807) is 20.8 Å². The molecule has 8 nitrogen and oxygen atoms in total. The average molecular weight is 475 g/mol. The molecule has 1 heterocycles. The quantitative estimate of drug-likeness (QED) is 0.664. The Labute approximate surface area is 194 Å². The molecule has 33 heavy (non-hydrogen) atoms. The number of amides is 1. The first-order valence-electron chi connectivity index (χ1n) is 10.6. The molecule has 1 aliphatic rings. The molecule has 0 saturated carbocycles. The first-order valence-corrected chi connectivity index (χ1v) is 12.5. The molecule has 0 aromatic heterocycles. The van der Waals surface area contributed by atoms with Crippen LogP contribution < -0.4 is 4.72 Å². The van der Waals surface area contributed by atoms with E-state index in [1.807, 2.05) is 54.6 Å². The summed E-state index contributed by atoms with van der Waals surface area (Å²) in [4.78, 5) is 26.8. The van der Waals surface area contributed by atoms with Crippen molar-refractivity contribution in [2.75, 3.05) is 12.8 Å². The van der Waals surface area contributed by atoms with Crippen molar-refractivity contribution >= 4 is 22.1 Å². The van der Waals surface area contributed by atoms with Gasteiger partial charge < -0.3 is 9.84 Å². The van der Waals surface area contributed by atoms with Crippen LogP contribution >= 0.6 is 0 Å². The first-order chi connectivity index (χ1) is 15.3. The summed E-state index contributed by atoms with van der Waals surface area (Å²) in [6.07, 6.45) is 0.144. The second-order valence-corrected chi connectivity index (χ2v) is 11.2. The molecular weight excluding hydrogens is 444 g/mol. The molecule has 2 atom stereocenters. The van der Waals surface area contributed by atoms with Gasteiger partial charge in [-0.05, 0) is 43.9 Å². The second-order valence-electron chi connectivity index (χ2n) is 9.46. The van der Waals surface area contributed by atoms with Crippen molar-refractivity contribution in [1.29, 1.82) is 0 Å². The Hall–Kier alpha value is -2.91. The van der Waals surface area contributed by atoms with Gasteiger partial charge in [0, 0.05) is 19.0 Å². The van der Waals surface area contributed by atoms with Gasteiger partial charge in [0.25, 0.3) is 0 Å². The van der Waals surface area contributed by atoms with E-state index < -0.39 is 39.3 Å². The number of carboxylic acid groups (broad SMARTS) is 1. The van der Waals surface area contributed by atoms with Crippen LogP contribution in [0.15, 0.2) is 54.6 Å². The van der Waals surface area contributed by atoms with Gasteiger partial charge in [0.1, 0.15) is 11.1 Å². The van der Waals surface area contributed by atoms with Gasteiger partial charge in [-0.3, -0.25) is 4.90 Å². The Kier molecular flexibility index (Phi) is 6.85. The fraction of sp³-hybridized carbons (Fsp3) is 0.417. The highest BCUT2D eigenvalue weighted by Gasteiger charge is 2.55. The number of ether oxygens (including phenoxy) is 1. The van der Waals surface area contributed by atoms with Crippen LogP contribution in [-0.4, -0.2) is 60.5 Å². The summed E-state index contributed by atoms with van der Waals surface area (Å²) < 4.78 is 31.6. The molecule has 1 saturated heterocycles. The monoisotopic (exact) mass is 474 g/mol. The van der Waals surface area contributed by atoms with E-state index in [2.05, 4.69) is 4.72 Å². The molecule has 0 aliphatic carbocycles. The minimum absolute atomic E-state index is 0.00416. The number of rotatable bonds is 6. The maximum Gasteiger partial charge on any atom is 0.411 e. The van der Waals surface area contributed by atoms with Gasteiger partial charge in [-0.25, -0.2) is 22.7 Å². The lowest BCUT2D eigenvalue weighted by Crippen LogP contribution is -2.55. The molecule has 2 aromatic carbocycles. The van der Waals surface area contributed by atoms with Crippen LogP contribution in [0.2, 0.25) is 0 Å². The van der Waals surface area contributed by atoms with Crippen molar-refractivity contribution in [2.24, 2.45) is 0 Å². The summed E-state index contributed by atoms with van der Waals surface area (Å²) in [5.74, 6) is -1.21. The smallest absolute Gasteiger partial charge is 0.411 e. The van der Waals surface area contributed by atoms with Crippen LogP contribution in [-0.2, 0) is 26.0 Å². The van der Waals surface area contributed by atoms with E-state index in [0.717, 1.165) is 22.3 Å². The van der Waals surface area contributed by atoms with Gasteiger partial charge in [-0.15, -0.1) is 0 Å². The Morgan fingerprint density at radius 3 is 2.33 bits per heavy atom. The van der Waals surface area contributed by atoms with Crippen LogP contribution in [0.3, 0.4) is 0 Å².